The first-order valence-corrected chi connectivity index (χ1v) is 11.4. The minimum Gasteiger partial charge on any atom is -0.381 e. The smallest absolute Gasteiger partial charge is 0.233 e. The SMILES string of the molecule is CC1CCCN1C1CC[C@H](c2ccc(N3CCC4(CCOCC4)C3=O)cc2)C1. The summed E-state index contributed by atoms with van der Waals surface area (Å²) >= 11 is 0. The Morgan fingerprint density at radius 1 is 1.00 bits per heavy atom. The Bertz CT molecular complexity index is 710. The van der Waals surface area contributed by atoms with Crippen molar-refractivity contribution in [1.82, 2.24) is 4.90 Å². The summed E-state index contributed by atoms with van der Waals surface area (Å²) in [6, 6.07) is 10.5. The monoisotopic (exact) mass is 382 g/mol. The van der Waals surface area contributed by atoms with Crippen LogP contribution in [0.1, 0.15) is 69.8 Å². The molecule has 0 bridgehead atoms. The van der Waals surface area contributed by atoms with Crippen LogP contribution in [0.15, 0.2) is 24.3 Å². The van der Waals surface area contributed by atoms with Gasteiger partial charge in [-0.25, -0.2) is 0 Å². The van der Waals surface area contributed by atoms with Crippen LogP contribution in [0, 0.1) is 5.41 Å². The lowest BCUT2D eigenvalue weighted by molar-refractivity contribution is -0.130. The lowest BCUT2D eigenvalue weighted by Gasteiger charge is -2.31. The van der Waals surface area contributed by atoms with Crippen molar-refractivity contribution in [3.8, 4) is 0 Å². The van der Waals surface area contributed by atoms with Gasteiger partial charge in [0, 0.05) is 37.5 Å². The van der Waals surface area contributed by atoms with Crippen molar-refractivity contribution < 1.29 is 9.53 Å². The third-order valence-corrected chi connectivity index (χ3v) is 8.12. The molecule has 1 amide bonds. The topological polar surface area (TPSA) is 32.8 Å². The number of ether oxygens (including phenoxy) is 1. The third kappa shape index (κ3) is 3.19. The van der Waals surface area contributed by atoms with Crippen molar-refractivity contribution in [2.45, 2.75) is 76.3 Å². The molecule has 1 aliphatic carbocycles. The van der Waals surface area contributed by atoms with Gasteiger partial charge in [-0.1, -0.05) is 12.1 Å². The molecule has 4 nitrogen and oxygen atoms in total. The van der Waals surface area contributed by atoms with Gasteiger partial charge >= 0.3 is 0 Å². The maximum atomic E-state index is 13.1. The van der Waals surface area contributed by atoms with E-state index in [-0.39, 0.29) is 5.41 Å². The lowest BCUT2D eigenvalue weighted by atomic mass is 9.79. The van der Waals surface area contributed by atoms with Gasteiger partial charge in [-0.05, 0) is 88.4 Å². The van der Waals surface area contributed by atoms with E-state index in [1.165, 1.54) is 44.2 Å². The first kappa shape index (κ1) is 18.6. The Kier molecular flexibility index (Phi) is 4.96. The minimum absolute atomic E-state index is 0.151. The summed E-state index contributed by atoms with van der Waals surface area (Å²) in [5.41, 5.74) is 2.40. The van der Waals surface area contributed by atoms with Gasteiger partial charge in [-0.3, -0.25) is 9.69 Å². The average molecular weight is 383 g/mol. The van der Waals surface area contributed by atoms with Gasteiger partial charge in [-0.2, -0.15) is 0 Å². The van der Waals surface area contributed by atoms with E-state index in [0.717, 1.165) is 56.8 Å². The first-order valence-electron chi connectivity index (χ1n) is 11.4. The second kappa shape index (κ2) is 7.46. The van der Waals surface area contributed by atoms with Gasteiger partial charge in [0.25, 0.3) is 0 Å². The lowest BCUT2D eigenvalue weighted by Crippen LogP contribution is -2.38. The fraction of sp³-hybridized carbons (Fsp3) is 0.708. The fourth-order valence-electron chi connectivity index (χ4n) is 6.28. The normalized spacial score (nSPS) is 33.2. The molecular weight excluding hydrogens is 348 g/mol. The molecule has 1 aromatic carbocycles. The number of carbonyl (C=O) groups excluding carboxylic acids is 1. The molecule has 0 radical (unpaired) electrons. The number of nitrogens with zero attached hydrogens (tertiary/aromatic N) is 2. The highest BCUT2D eigenvalue weighted by atomic mass is 16.5. The number of hydrogen-bond acceptors (Lipinski definition) is 3. The summed E-state index contributed by atoms with van der Waals surface area (Å²) in [6.45, 7) is 6.01. The van der Waals surface area contributed by atoms with Crippen molar-refractivity contribution in [1.29, 1.82) is 0 Å². The van der Waals surface area contributed by atoms with E-state index in [4.69, 9.17) is 4.74 Å². The molecule has 3 saturated heterocycles. The molecule has 152 valence electrons. The van der Waals surface area contributed by atoms with Crippen LogP contribution in [0.5, 0.6) is 0 Å². The highest BCUT2D eigenvalue weighted by Crippen LogP contribution is 2.43. The van der Waals surface area contributed by atoms with E-state index in [9.17, 15) is 4.79 Å². The maximum absolute atomic E-state index is 13.1. The van der Waals surface area contributed by atoms with Gasteiger partial charge in [0.15, 0.2) is 0 Å². The van der Waals surface area contributed by atoms with Crippen LogP contribution >= 0.6 is 0 Å². The van der Waals surface area contributed by atoms with Gasteiger partial charge in [0.1, 0.15) is 0 Å². The molecule has 0 aromatic heterocycles. The molecule has 3 heterocycles. The largest absolute Gasteiger partial charge is 0.381 e. The van der Waals surface area contributed by atoms with Gasteiger partial charge in [0.05, 0.1) is 5.41 Å². The van der Waals surface area contributed by atoms with Gasteiger partial charge < -0.3 is 9.64 Å². The zero-order valence-electron chi connectivity index (χ0n) is 17.2. The van der Waals surface area contributed by atoms with E-state index < -0.39 is 0 Å². The fourth-order valence-corrected chi connectivity index (χ4v) is 6.28. The van der Waals surface area contributed by atoms with Crippen molar-refractivity contribution in [3.05, 3.63) is 29.8 Å². The number of benzene rings is 1. The molecule has 4 heteroatoms. The van der Waals surface area contributed by atoms with Crippen molar-refractivity contribution in [2.24, 2.45) is 5.41 Å². The number of amides is 1. The summed E-state index contributed by atoms with van der Waals surface area (Å²) in [4.78, 5) is 17.9. The zero-order valence-corrected chi connectivity index (χ0v) is 17.2. The first-order chi connectivity index (χ1) is 13.7. The molecule has 1 spiro atoms. The highest BCUT2D eigenvalue weighted by Gasteiger charge is 2.47. The number of hydrogen-bond donors (Lipinski definition) is 0. The quantitative estimate of drug-likeness (QED) is 0.780. The third-order valence-electron chi connectivity index (χ3n) is 8.12. The second-order valence-electron chi connectivity index (χ2n) is 9.58. The van der Waals surface area contributed by atoms with Crippen LogP contribution in [-0.2, 0) is 9.53 Å². The second-order valence-corrected chi connectivity index (χ2v) is 9.58. The molecule has 4 fully saturated rings. The predicted octanol–water partition coefficient (Wildman–Crippen LogP) is 4.34. The molecule has 4 aliphatic rings. The molecule has 1 saturated carbocycles. The Morgan fingerprint density at radius 2 is 1.79 bits per heavy atom. The van der Waals surface area contributed by atoms with Crippen molar-refractivity contribution >= 4 is 11.6 Å². The van der Waals surface area contributed by atoms with Crippen molar-refractivity contribution in [3.63, 3.8) is 0 Å². The van der Waals surface area contributed by atoms with E-state index in [2.05, 4.69) is 36.1 Å². The Balaban J connectivity index is 1.25. The number of likely N-dealkylation sites (tertiary alicyclic amines) is 1. The summed E-state index contributed by atoms with van der Waals surface area (Å²) in [5.74, 6) is 1.01. The van der Waals surface area contributed by atoms with Crippen LogP contribution in [0.25, 0.3) is 0 Å². The minimum atomic E-state index is -0.151. The average Bonchev–Trinajstić information content (AvgIpc) is 3.44. The Labute approximate surface area is 169 Å². The van der Waals surface area contributed by atoms with Crippen LogP contribution in [0.3, 0.4) is 0 Å². The Morgan fingerprint density at radius 3 is 2.50 bits per heavy atom. The maximum Gasteiger partial charge on any atom is 0.233 e. The zero-order chi connectivity index (χ0) is 19.1. The summed E-state index contributed by atoms with van der Waals surface area (Å²) < 4.78 is 5.50. The molecule has 1 aromatic rings. The van der Waals surface area contributed by atoms with E-state index >= 15 is 0 Å². The van der Waals surface area contributed by atoms with Crippen LogP contribution in [-0.4, -0.2) is 49.2 Å². The summed E-state index contributed by atoms with van der Waals surface area (Å²) in [7, 11) is 0. The molecule has 0 N–H and O–H groups in total. The highest BCUT2D eigenvalue weighted by molar-refractivity contribution is 5.99. The van der Waals surface area contributed by atoms with Crippen molar-refractivity contribution in [2.75, 3.05) is 31.2 Å². The van der Waals surface area contributed by atoms with E-state index in [1.54, 1.807) is 0 Å². The number of anilines is 1. The number of carbonyl (C=O) groups is 1. The van der Waals surface area contributed by atoms with Crippen LogP contribution in [0.2, 0.25) is 0 Å². The molecule has 3 aliphatic heterocycles. The Hall–Kier alpha value is -1.39. The molecule has 28 heavy (non-hydrogen) atoms. The summed E-state index contributed by atoms with van der Waals surface area (Å²) in [6.07, 6.45) is 9.44. The molecule has 3 atom stereocenters. The molecule has 2 unspecified atom stereocenters. The molecular formula is C24H34N2O2. The predicted molar refractivity (Wildman–Crippen MR) is 112 cm³/mol. The van der Waals surface area contributed by atoms with E-state index in [0.29, 0.717) is 11.8 Å². The number of rotatable bonds is 3. The molecule has 5 rings (SSSR count). The van der Waals surface area contributed by atoms with E-state index in [1.807, 2.05) is 4.90 Å². The van der Waals surface area contributed by atoms with Crippen LogP contribution in [0.4, 0.5) is 5.69 Å². The van der Waals surface area contributed by atoms with Gasteiger partial charge in [-0.15, -0.1) is 0 Å². The standard InChI is InChI=1S/C24H34N2O2/c1-18-3-2-13-25(18)22-9-6-20(17-22)19-4-7-21(8-5-19)26-14-10-24(23(26)27)11-15-28-16-12-24/h4-5,7-8,18,20,22H,2-3,6,9-17H2,1H3/t18?,20-,22?/m0/s1. The van der Waals surface area contributed by atoms with Gasteiger partial charge in [0.2, 0.25) is 5.91 Å². The summed E-state index contributed by atoms with van der Waals surface area (Å²) in [5, 5.41) is 0. The van der Waals surface area contributed by atoms with Crippen LogP contribution < -0.4 is 4.90 Å².